The van der Waals surface area contributed by atoms with E-state index in [2.05, 4.69) is 22.8 Å². The zero-order valence-electron chi connectivity index (χ0n) is 12.3. The van der Waals surface area contributed by atoms with Gasteiger partial charge in [-0.15, -0.1) is 0 Å². The van der Waals surface area contributed by atoms with Crippen molar-refractivity contribution >= 4 is 11.6 Å². The summed E-state index contributed by atoms with van der Waals surface area (Å²) in [5, 5.41) is 6.33. The number of benzene rings is 2. The lowest BCUT2D eigenvalue weighted by Gasteiger charge is -2.18. The Labute approximate surface area is 129 Å². The molecule has 0 saturated carbocycles. The fraction of sp³-hybridized carbons (Fsp3) is 0.278. The molecule has 22 heavy (non-hydrogen) atoms. The summed E-state index contributed by atoms with van der Waals surface area (Å²) >= 11 is 0. The Bertz CT molecular complexity index is 702. The molecular weight excluding hydrogens is 276 g/mol. The van der Waals surface area contributed by atoms with Gasteiger partial charge in [0.25, 0.3) is 5.91 Å². The zero-order valence-corrected chi connectivity index (χ0v) is 12.3. The molecule has 0 radical (unpaired) electrons. The molecule has 0 aromatic heterocycles. The average molecular weight is 294 g/mol. The maximum absolute atomic E-state index is 12.4. The number of carbonyl (C=O) groups is 1. The number of ether oxygens (including phenoxy) is 1. The van der Waals surface area contributed by atoms with Crippen LogP contribution in [0.4, 0.5) is 5.69 Å². The molecule has 2 heterocycles. The van der Waals surface area contributed by atoms with Crippen LogP contribution in [-0.2, 0) is 24.2 Å². The molecule has 2 N–H and O–H groups in total. The number of hydrogen-bond donors (Lipinski definition) is 2. The van der Waals surface area contributed by atoms with E-state index in [0.717, 1.165) is 36.5 Å². The molecule has 1 unspecified atom stereocenters. The highest BCUT2D eigenvalue weighted by Gasteiger charge is 2.28. The van der Waals surface area contributed by atoms with Crippen molar-refractivity contribution in [1.82, 2.24) is 5.32 Å². The standard InChI is InChI=1S/C18H18N2O2/c21-18(17-10-13-3-1-2-4-16(13)22-17)20-15-6-5-12-7-8-19-11-14(12)9-15/h1-6,9,17,19H,7-8,10-11H2,(H,20,21). The van der Waals surface area contributed by atoms with Gasteiger partial charge in [-0.3, -0.25) is 4.79 Å². The van der Waals surface area contributed by atoms with Gasteiger partial charge in [0.1, 0.15) is 5.75 Å². The Kier molecular flexibility index (Phi) is 3.31. The molecule has 0 saturated heterocycles. The van der Waals surface area contributed by atoms with Crippen LogP contribution in [0.5, 0.6) is 5.75 Å². The maximum atomic E-state index is 12.4. The topological polar surface area (TPSA) is 50.4 Å². The molecule has 1 amide bonds. The Morgan fingerprint density at radius 1 is 1.14 bits per heavy atom. The van der Waals surface area contributed by atoms with E-state index in [-0.39, 0.29) is 5.91 Å². The smallest absolute Gasteiger partial charge is 0.265 e. The van der Waals surface area contributed by atoms with E-state index >= 15 is 0 Å². The van der Waals surface area contributed by atoms with Crippen LogP contribution in [0.2, 0.25) is 0 Å². The second-order valence-electron chi connectivity index (χ2n) is 5.82. The average Bonchev–Trinajstić information content (AvgIpc) is 2.99. The van der Waals surface area contributed by atoms with Gasteiger partial charge in [-0.05, 0) is 47.9 Å². The number of anilines is 1. The second-order valence-corrected chi connectivity index (χ2v) is 5.82. The minimum Gasteiger partial charge on any atom is -0.480 e. The number of nitrogens with one attached hydrogen (secondary N) is 2. The number of para-hydroxylation sites is 1. The van der Waals surface area contributed by atoms with Crippen LogP contribution in [0.1, 0.15) is 16.7 Å². The van der Waals surface area contributed by atoms with Crippen LogP contribution in [0.3, 0.4) is 0 Å². The van der Waals surface area contributed by atoms with Crippen molar-refractivity contribution in [1.29, 1.82) is 0 Å². The van der Waals surface area contributed by atoms with E-state index in [9.17, 15) is 4.79 Å². The predicted molar refractivity (Wildman–Crippen MR) is 85.0 cm³/mol. The van der Waals surface area contributed by atoms with Crippen molar-refractivity contribution in [2.45, 2.75) is 25.5 Å². The quantitative estimate of drug-likeness (QED) is 0.893. The van der Waals surface area contributed by atoms with Crippen LogP contribution < -0.4 is 15.4 Å². The molecule has 2 aliphatic heterocycles. The number of fused-ring (bicyclic) bond motifs is 2. The molecular formula is C18H18N2O2. The number of hydrogen-bond acceptors (Lipinski definition) is 3. The molecule has 4 nitrogen and oxygen atoms in total. The van der Waals surface area contributed by atoms with Gasteiger partial charge in [-0.2, -0.15) is 0 Å². The molecule has 0 bridgehead atoms. The normalized spacial score (nSPS) is 19.0. The Morgan fingerprint density at radius 3 is 2.95 bits per heavy atom. The molecule has 0 spiro atoms. The third-order valence-corrected chi connectivity index (χ3v) is 4.30. The van der Waals surface area contributed by atoms with Crippen molar-refractivity contribution in [2.75, 3.05) is 11.9 Å². The lowest BCUT2D eigenvalue weighted by atomic mass is 10.0. The summed E-state index contributed by atoms with van der Waals surface area (Å²) in [5.41, 5.74) is 4.56. The van der Waals surface area contributed by atoms with Crippen LogP contribution in [0.25, 0.3) is 0 Å². The minimum absolute atomic E-state index is 0.0834. The molecule has 2 aromatic rings. The summed E-state index contributed by atoms with van der Waals surface area (Å²) in [6.07, 6.45) is 1.24. The van der Waals surface area contributed by atoms with E-state index in [1.807, 2.05) is 30.3 Å². The van der Waals surface area contributed by atoms with E-state index in [0.29, 0.717) is 6.42 Å². The largest absolute Gasteiger partial charge is 0.480 e. The van der Waals surface area contributed by atoms with Crippen LogP contribution in [-0.4, -0.2) is 18.6 Å². The minimum atomic E-state index is -0.438. The van der Waals surface area contributed by atoms with Crippen molar-refractivity contribution in [2.24, 2.45) is 0 Å². The number of amides is 1. The monoisotopic (exact) mass is 294 g/mol. The van der Waals surface area contributed by atoms with Crippen molar-refractivity contribution in [3.05, 3.63) is 59.2 Å². The summed E-state index contributed by atoms with van der Waals surface area (Å²) in [7, 11) is 0. The van der Waals surface area contributed by atoms with E-state index in [1.165, 1.54) is 11.1 Å². The van der Waals surface area contributed by atoms with Gasteiger partial charge in [0.15, 0.2) is 6.10 Å². The highest BCUT2D eigenvalue weighted by molar-refractivity contribution is 5.95. The van der Waals surface area contributed by atoms with Gasteiger partial charge < -0.3 is 15.4 Å². The van der Waals surface area contributed by atoms with E-state index in [4.69, 9.17) is 4.74 Å². The van der Waals surface area contributed by atoms with Gasteiger partial charge in [-0.1, -0.05) is 24.3 Å². The van der Waals surface area contributed by atoms with Crippen LogP contribution in [0.15, 0.2) is 42.5 Å². The molecule has 0 aliphatic carbocycles. The highest BCUT2D eigenvalue weighted by atomic mass is 16.5. The molecule has 2 aliphatic rings. The number of rotatable bonds is 2. The lowest BCUT2D eigenvalue weighted by Crippen LogP contribution is -2.31. The first-order valence-corrected chi connectivity index (χ1v) is 7.67. The van der Waals surface area contributed by atoms with Gasteiger partial charge >= 0.3 is 0 Å². The molecule has 4 heteroatoms. The highest BCUT2D eigenvalue weighted by Crippen LogP contribution is 2.29. The Hall–Kier alpha value is -2.33. The zero-order chi connectivity index (χ0) is 14.9. The first-order valence-electron chi connectivity index (χ1n) is 7.67. The first kappa shape index (κ1) is 13.3. The fourth-order valence-electron chi connectivity index (χ4n) is 3.11. The van der Waals surface area contributed by atoms with Crippen LogP contribution in [0, 0.1) is 0 Å². The third-order valence-electron chi connectivity index (χ3n) is 4.30. The maximum Gasteiger partial charge on any atom is 0.265 e. The molecule has 1 atom stereocenters. The summed E-state index contributed by atoms with van der Waals surface area (Å²) in [5.74, 6) is 0.734. The summed E-state index contributed by atoms with van der Waals surface area (Å²) in [4.78, 5) is 12.4. The lowest BCUT2D eigenvalue weighted by molar-refractivity contribution is -0.122. The van der Waals surface area contributed by atoms with Gasteiger partial charge in [0.2, 0.25) is 0 Å². The van der Waals surface area contributed by atoms with Crippen molar-refractivity contribution < 1.29 is 9.53 Å². The van der Waals surface area contributed by atoms with E-state index < -0.39 is 6.10 Å². The fourth-order valence-corrected chi connectivity index (χ4v) is 3.11. The summed E-state index contributed by atoms with van der Waals surface area (Å²) in [6.45, 7) is 1.89. The molecule has 0 fully saturated rings. The molecule has 2 aromatic carbocycles. The summed E-state index contributed by atoms with van der Waals surface area (Å²) < 4.78 is 5.73. The Balaban J connectivity index is 1.47. The SMILES string of the molecule is O=C(Nc1ccc2c(c1)CNCC2)C1Cc2ccccc2O1. The van der Waals surface area contributed by atoms with Crippen molar-refractivity contribution in [3.8, 4) is 5.75 Å². The molecule has 112 valence electrons. The van der Waals surface area contributed by atoms with Gasteiger partial charge in [0.05, 0.1) is 0 Å². The van der Waals surface area contributed by atoms with Crippen molar-refractivity contribution in [3.63, 3.8) is 0 Å². The van der Waals surface area contributed by atoms with Crippen LogP contribution >= 0.6 is 0 Å². The first-order chi connectivity index (χ1) is 10.8. The predicted octanol–water partition coefficient (Wildman–Crippen LogP) is 2.27. The molecule has 4 rings (SSSR count). The van der Waals surface area contributed by atoms with Gasteiger partial charge in [-0.25, -0.2) is 0 Å². The van der Waals surface area contributed by atoms with E-state index in [1.54, 1.807) is 0 Å². The third kappa shape index (κ3) is 2.46. The van der Waals surface area contributed by atoms with Gasteiger partial charge in [0, 0.05) is 18.7 Å². The Morgan fingerprint density at radius 2 is 2.05 bits per heavy atom. The second kappa shape index (κ2) is 5.46. The summed E-state index contributed by atoms with van der Waals surface area (Å²) in [6, 6.07) is 14.0. The number of carbonyl (C=O) groups excluding carboxylic acids is 1.